The summed E-state index contributed by atoms with van der Waals surface area (Å²) in [5.41, 5.74) is 3.39. The lowest BCUT2D eigenvalue weighted by Crippen LogP contribution is -2.28. The topological polar surface area (TPSA) is 76.4 Å². The molecule has 5 nitrogen and oxygen atoms in total. The fraction of sp³-hybridized carbons (Fsp3) is 0.417. The molecule has 0 fully saturated rings. The van der Waals surface area contributed by atoms with Crippen LogP contribution in [0.2, 0.25) is 5.02 Å². The number of amides is 1. The van der Waals surface area contributed by atoms with Crippen molar-refractivity contribution in [2.45, 2.75) is 32.9 Å². The van der Waals surface area contributed by atoms with Crippen LogP contribution in [-0.2, 0) is 11.3 Å². The van der Waals surface area contributed by atoms with Gasteiger partial charge in [0.2, 0.25) is 0 Å². The second kappa shape index (κ2) is 6.04. The first-order valence-electron chi connectivity index (χ1n) is 5.54. The summed E-state index contributed by atoms with van der Waals surface area (Å²) in [6.07, 6.45) is -0.525. The van der Waals surface area contributed by atoms with Crippen molar-refractivity contribution < 1.29 is 9.53 Å². The van der Waals surface area contributed by atoms with Gasteiger partial charge in [0.15, 0.2) is 0 Å². The Balaban J connectivity index is 2.82. The van der Waals surface area contributed by atoms with E-state index in [1.807, 2.05) is 0 Å². The van der Waals surface area contributed by atoms with Crippen LogP contribution in [0.15, 0.2) is 18.2 Å². The zero-order valence-electron chi connectivity index (χ0n) is 10.7. The zero-order chi connectivity index (χ0) is 13.8. The molecule has 0 heterocycles. The number of halogens is 1. The predicted octanol–water partition coefficient (Wildman–Crippen LogP) is 2.65. The Bertz CT molecular complexity index is 430. The van der Waals surface area contributed by atoms with E-state index >= 15 is 0 Å². The van der Waals surface area contributed by atoms with Crippen molar-refractivity contribution >= 4 is 23.4 Å². The molecule has 4 N–H and O–H groups in total. The summed E-state index contributed by atoms with van der Waals surface area (Å²) >= 11 is 5.89. The molecule has 0 saturated heterocycles. The summed E-state index contributed by atoms with van der Waals surface area (Å²) in [6.45, 7) is 5.81. The van der Waals surface area contributed by atoms with Gasteiger partial charge in [0.1, 0.15) is 5.60 Å². The van der Waals surface area contributed by atoms with Crippen LogP contribution in [0.5, 0.6) is 0 Å². The van der Waals surface area contributed by atoms with Gasteiger partial charge in [-0.2, -0.15) is 0 Å². The number of hydrogen-bond donors (Lipinski definition) is 3. The number of rotatable bonds is 3. The number of anilines is 1. The molecule has 0 aromatic heterocycles. The Morgan fingerprint density at radius 1 is 1.44 bits per heavy atom. The number of hydrogen-bond acceptors (Lipinski definition) is 4. The Kier molecular flexibility index (Phi) is 4.95. The fourth-order valence-corrected chi connectivity index (χ4v) is 1.51. The van der Waals surface area contributed by atoms with Gasteiger partial charge in [-0.25, -0.2) is 4.79 Å². The first-order valence-corrected chi connectivity index (χ1v) is 5.91. The number of ether oxygens (including phenoxy) is 1. The van der Waals surface area contributed by atoms with Crippen molar-refractivity contribution in [3.63, 3.8) is 0 Å². The molecule has 6 heteroatoms. The first-order chi connectivity index (χ1) is 8.31. The summed E-state index contributed by atoms with van der Waals surface area (Å²) in [4.78, 5) is 11.7. The number of benzene rings is 1. The van der Waals surface area contributed by atoms with E-state index in [1.54, 1.807) is 39.0 Å². The van der Waals surface area contributed by atoms with E-state index in [0.717, 1.165) is 5.56 Å². The van der Waals surface area contributed by atoms with E-state index in [2.05, 4.69) is 10.7 Å². The molecule has 0 saturated carbocycles. The lowest BCUT2D eigenvalue weighted by Gasteiger charge is -2.20. The van der Waals surface area contributed by atoms with E-state index in [1.165, 1.54) is 0 Å². The van der Waals surface area contributed by atoms with Gasteiger partial charge in [-0.15, -0.1) is 0 Å². The van der Waals surface area contributed by atoms with Gasteiger partial charge in [-0.3, -0.25) is 16.6 Å². The highest BCUT2D eigenvalue weighted by Gasteiger charge is 2.17. The van der Waals surface area contributed by atoms with Crippen molar-refractivity contribution in [2.75, 3.05) is 5.32 Å². The highest BCUT2D eigenvalue weighted by Crippen LogP contribution is 2.21. The standard InChI is InChI=1S/C12H18ClN3O2/c1-12(2,3)18-11(17)16-10-6-9(13)5-4-8(10)7-15-14/h4-6,15H,7,14H2,1-3H3,(H,16,17). The van der Waals surface area contributed by atoms with Gasteiger partial charge < -0.3 is 4.74 Å². The SMILES string of the molecule is CC(C)(C)OC(=O)Nc1cc(Cl)ccc1CNN. The van der Waals surface area contributed by atoms with Gasteiger partial charge >= 0.3 is 6.09 Å². The third-order valence-corrected chi connectivity index (χ3v) is 2.24. The van der Waals surface area contributed by atoms with E-state index in [9.17, 15) is 4.79 Å². The van der Waals surface area contributed by atoms with Crippen LogP contribution in [0.25, 0.3) is 0 Å². The molecule has 0 unspecified atom stereocenters. The Morgan fingerprint density at radius 3 is 2.67 bits per heavy atom. The molecule has 1 aromatic carbocycles. The van der Waals surface area contributed by atoms with Crippen LogP contribution in [0.4, 0.5) is 10.5 Å². The van der Waals surface area contributed by atoms with Gasteiger partial charge in [-0.1, -0.05) is 17.7 Å². The molecule has 1 amide bonds. The summed E-state index contributed by atoms with van der Waals surface area (Å²) in [5.74, 6) is 5.27. The quantitative estimate of drug-likeness (QED) is 0.583. The molecule has 100 valence electrons. The van der Waals surface area contributed by atoms with E-state index in [4.69, 9.17) is 22.2 Å². The number of nitrogens with one attached hydrogen (secondary N) is 2. The maximum Gasteiger partial charge on any atom is 0.412 e. The minimum absolute atomic E-state index is 0.419. The van der Waals surface area contributed by atoms with Crippen molar-refractivity contribution in [3.05, 3.63) is 28.8 Å². The van der Waals surface area contributed by atoms with Crippen LogP contribution in [0, 0.1) is 0 Å². The van der Waals surface area contributed by atoms with E-state index < -0.39 is 11.7 Å². The normalized spacial score (nSPS) is 11.2. The Morgan fingerprint density at radius 2 is 2.11 bits per heavy atom. The molecule has 0 spiro atoms. The zero-order valence-corrected chi connectivity index (χ0v) is 11.5. The van der Waals surface area contributed by atoms with Crippen LogP contribution >= 0.6 is 11.6 Å². The molecule has 1 rings (SSSR count). The smallest absolute Gasteiger partial charge is 0.412 e. The third kappa shape index (κ3) is 4.91. The Hall–Kier alpha value is -1.30. The molecule has 0 atom stereocenters. The van der Waals surface area contributed by atoms with Crippen molar-refractivity contribution in [1.29, 1.82) is 0 Å². The van der Waals surface area contributed by atoms with Crippen LogP contribution in [-0.4, -0.2) is 11.7 Å². The van der Waals surface area contributed by atoms with E-state index in [-0.39, 0.29) is 0 Å². The fourth-order valence-electron chi connectivity index (χ4n) is 1.34. The lowest BCUT2D eigenvalue weighted by molar-refractivity contribution is 0.0636. The molecule has 0 aliphatic carbocycles. The highest BCUT2D eigenvalue weighted by atomic mass is 35.5. The molecule has 0 bridgehead atoms. The van der Waals surface area contributed by atoms with Gasteiger partial charge in [0, 0.05) is 11.6 Å². The summed E-state index contributed by atoms with van der Waals surface area (Å²) in [6, 6.07) is 5.17. The molecule has 18 heavy (non-hydrogen) atoms. The van der Waals surface area contributed by atoms with E-state index in [0.29, 0.717) is 17.3 Å². The number of carbonyl (C=O) groups excluding carboxylic acids is 1. The molecular weight excluding hydrogens is 254 g/mol. The highest BCUT2D eigenvalue weighted by molar-refractivity contribution is 6.31. The number of carbonyl (C=O) groups is 1. The molecular formula is C12H18ClN3O2. The summed E-state index contributed by atoms with van der Waals surface area (Å²) in [7, 11) is 0. The van der Waals surface area contributed by atoms with Gasteiger partial charge in [0.05, 0.1) is 5.69 Å². The Labute approximate surface area is 112 Å². The first kappa shape index (κ1) is 14.8. The number of nitrogens with two attached hydrogens (primary N) is 1. The summed E-state index contributed by atoms with van der Waals surface area (Å²) in [5, 5.41) is 3.18. The minimum Gasteiger partial charge on any atom is -0.444 e. The van der Waals surface area contributed by atoms with Crippen LogP contribution in [0.1, 0.15) is 26.3 Å². The van der Waals surface area contributed by atoms with Crippen molar-refractivity contribution in [3.8, 4) is 0 Å². The largest absolute Gasteiger partial charge is 0.444 e. The van der Waals surface area contributed by atoms with Crippen molar-refractivity contribution in [1.82, 2.24) is 5.43 Å². The molecule has 0 aliphatic heterocycles. The van der Waals surface area contributed by atoms with Crippen LogP contribution < -0.4 is 16.6 Å². The lowest BCUT2D eigenvalue weighted by atomic mass is 10.2. The van der Waals surface area contributed by atoms with Crippen molar-refractivity contribution in [2.24, 2.45) is 5.84 Å². The maximum atomic E-state index is 11.7. The average molecular weight is 272 g/mol. The molecule has 1 aromatic rings. The third-order valence-electron chi connectivity index (χ3n) is 2.00. The van der Waals surface area contributed by atoms with Gasteiger partial charge in [0.25, 0.3) is 0 Å². The molecule has 0 aliphatic rings. The van der Waals surface area contributed by atoms with Crippen LogP contribution in [0.3, 0.4) is 0 Å². The molecule has 0 radical (unpaired) electrons. The predicted molar refractivity (Wildman–Crippen MR) is 72.3 cm³/mol. The number of hydrazine groups is 1. The maximum absolute atomic E-state index is 11.7. The monoisotopic (exact) mass is 271 g/mol. The second-order valence-electron chi connectivity index (χ2n) is 4.81. The second-order valence-corrected chi connectivity index (χ2v) is 5.25. The summed E-state index contributed by atoms with van der Waals surface area (Å²) < 4.78 is 5.17. The van der Waals surface area contributed by atoms with Gasteiger partial charge in [-0.05, 0) is 38.5 Å². The minimum atomic E-state index is -0.547. The average Bonchev–Trinajstić information content (AvgIpc) is 2.19.